The van der Waals surface area contributed by atoms with Gasteiger partial charge < -0.3 is 29.6 Å². The maximum atomic E-state index is 13.1. The quantitative estimate of drug-likeness (QED) is 0.546. The van der Waals surface area contributed by atoms with E-state index in [1.54, 1.807) is 41.3 Å². The topological polar surface area (TPSA) is 86.9 Å². The predicted octanol–water partition coefficient (Wildman–Crippen LogP) is 3.94. The maximum absolute atomic E-state index is 13.1. The van der Waals surface area contributed by atoms with Crippen molar-refractivity contribution in [2.75, 3.05) is 45.7 Å². The maximum Gasteiger partial charge on any atom is 0.322 e. The van der Waals surface area contributed by atoms with Gasteiger partial charge >= 0.3 is 6.03 Å². The smallest absolute Gasteiger partial charge is 0.322 e. The Bertz CT molecular complexity index is 1210. The molecule has 1 aliphatic heterocycles. The number of carbonyl (C=O) groups excluding carboxylic acids is 1. The van der Waals surface area contributed by atoms with Gasteiger partial charge in [-0.3, -0.25) is 4.79 Å². The highest BCUT2D eigenvalue weighted by molar-refractivity contribution is 6.30. The second-order valence-corrected chi connectivity index (χ2v) is 8.66. The molecule has 174 valence electrons. The van der Waals surface area contributed by atoms with Crippen molar-refractivity contribution in [1.29, 1.82) is 0 Å². The molecule has 0 spiro atoms. The Morgan fingerprint density at radius 1 is 1.09 bits per heavy atom. The van der Waals surface area contributed by atoms with Gasteiger partial charge in [0.05, 0.1) is 12.1 Å². The van der Waals surface area contributed by atoms with Gasteiger partial charge in [-0.1, -0.05) is 17.7 Å². The van der Waals surface area contributed by atoms with E-state index in [0.717, 1.165) is 18.4 Å². The number of aromatic nitrogens is 1. The van der Waals surface area contributed by atoms with E-state index in [-0.39, 0.29) is 18.1 Å². The van der Waals surface area contributed by atoms with Crippen LogP contribution in [0.4, 0.5) is 10.5 Å². The lowest BCUT2D eigenvalue weighted by molar-refractivity contribution is 0.172. The van der Waals surface area contributed by atoms with Crippen molar-refractivity contribution in [3.05, 3.63) is 63.4 Å². The van der Waals surface area contributed by atoms with Gasteiger partial charge in [0.1, 0.15) is 13.2 Å². The third-order valence-electron chi connectivity index (χ3n) is 5.34. The minimum atomic E-state index is -0.294. The molecular weight excluding hydrogens is 444 g/mol. The minimum absolute atomic E-state index is 0.166. The largest absolute Gasteiger partial charge is 0.486 e. The summed E-state index contributed by atoms with van der Waals surface area (Å²) in [4.78, 5) is 32.5. The molecule has 0 bridgehead atoms. The molecule has 4 rings (SSSR count). The third-order valence-corrected chi connectivity index (χ3v) is 5.58. The zero-order valence-corrected chi connectivity index (χ0v) is 19.4. The standard InChI is InChI=1S/C24H27ClN4O4/c1-28(2)7-4-8-29(24(31)26-19-6-3-5-18(25)13-19)15-17-11-16-12-21-22(33-10-9-32-21)14-20(16)27-23(17)30/h3,5-6,11-14H,4,7-10,15H2,1-2H3,(H,26,31)(H,27,30). The molecule has 0 fully saturated rings. The molecular formula is C24H27ClN4O4. The Morgan fingerprint density at radius 3 is 2.58 bits per heavy atom. The Hall–Kier alpha value is -3.23. The first-order valence-electron chi connectivity index (χ1n) is 10.8. The number of urea groups is 1. The molecule has 0 atom stereocenters. The molecule has 0 radical (unpaired) electrons. The van der Waals surface area contributed by atoms with Crippen molar-refractivity contribution in [1.82, 2.24) is 14.8 Å². The van der Waals surface area contributed by atoms with Crippen molar-refractivity contribution in [2.45, 2.75) is 13.0 Å². The highest BCUT2D eigenvalue weighted by Gasteiger charge is 2.18. The van der Waals surface area contributed by atoms with Crippen molar-refractivity contribution >= 4 is 34.2 Å². The van der Waals surface area contributed by atoms with E-state index < -0.39 is 0 Å². The lowest BCUT2D eigenvalue weighted by Gasteiger charge is -2.24. The van der Waals surface area contributed by atoms with Crippen LogP contribution in [0, 0.1) is 0 Å². The number of H-pyrrole nitrogens is 1. The van der Waals surface area contributed by atoms with Gasteiger partial charge in [0.25, 0.3) is 5.56 Å². The highest BCUT2D eigenvalue weighted by Crippen LogP contribution is 2.33. The molecule has 2 N–H and O–H groups in total. The van der Waals surface area contributed by atoms with E-state index in [0.29, 0.717) is 53.0 Å². The van der Waals surface area contributed by atoms with Gasteiger partial charge in [-0.15, -0.1) is 0 Å². The average Bonchev–Trinajstić information content (AvgIpc) is 2.77. The molecule has 0 saturated carbocycles. The second-order valence-electron chi connectivity index (χ2n) is 8.23. The lowest BCUT2D eigenvalue weighted by Crippen LogP contribution is -2.37. The molecule has 1 aromatic heterocycles. The average molecular weight is 471 g/mol. The Balaban J connectivity index is 1.59. The van der Waals surface area contributed by atoms with Crippen LogP contribution in [0.5, 0.6) is 11.5 Å². The van der Waals surface area contributed by atoms with Gasteiger partial charge in [0.2, 0.25) is 0 Å². The number of rotatable bonds is 7. The summed E-state index contributed by atoms with van der Waals surface area (Å²) >= 11 is 6.05. The zero-order chi connectivity index (χ0) is 23.4. The number of hydrogen-bond donors (Lipinski definition) is 2. The van der Waals surface area contributed by atoms with Gasteiger partial charge in [-0.2, -0.15) is 0 Å². The predicted molar refractivity (Wildman–Crippen MR) is 130 cm³/mol. The first-order valence-corrected chi connectivity index (χ1v) is 11.2. The number of nitrogens with one attached hydrogen (secondary N) is 2. The summed E-state index contributed by atoms with van der Waals surface area (Å²) < 4.78 is 11.3. The fourth-order valence-corrected chi connectivity index (χ4v) is 3.90. The van der Waals surface area contributed by atoms with Crippen molar-refractivity contribution in [2.24, 2.45) is 0 Å². The normalized spacial score (nSPS) is 12.7. The number of fused-ring (bicyclic) bond motifs is 2. The number of pyridine rings is 1. The number of benzene rings is 2. The summed E-state index contributed by atoms with van der Waals surface area (Å²) in [6.07, 6.45) is 0.764. The summed E-state index contributed by atoms with van der Waals surface area (Å²) in [7, 11) is 3.97. The monoisotopic (exact) mass is 470 g/mol. The zero-order valence-electron chi connectivity index (χ0n) is 18.7. The molecule has 2 heterocycles. The van der Waals surface area contributed by atoms with Crippen LogP contribution in [-0.4, -0.2) is 61.2 Å². The molecule has 0 unspecified atom stereocenters. The number of hydrogen-bond acceptors (Lipinski definition) is 5. The number of amides is 2. The van der Waals surface area contributed by atoms with E-state index in [4.69, 9.17) is 21.1 Å². The number of ether oxygens (including phenoxy) is 2. The van der Waals surface area contributed by atoms with E-state index in [1.807, 2.05) is 20.2 Å². The van der Waals surface area contributed by atoms with Crippen LogP contribution >= 0.6 is 11.6 Å². The number of carbonyl (C=O) groups is 1. The summed E-state index contributed by atoms with van der Waals surface area (Å²) in [6.45, 7) is 2.43. The molecule has 1 aliphatic rings. The number of aromatic amines is 1. The van der Waals surface area contributed by atoms with Gasteiger partial charge in [-0.05, 0) is 57.4 Å². The number of anilines is 1. The molecule has 9 heteroatoms. The first-order chi connectivity index (χ1) is 15.9. The van der Waals surface area contributed by atoms with Crippen LogP contribution in [0.1, 0.15) is 12.0 Å². The van der Waals surface area contributed by atoms with E-state index in [1.165, 1.54) is 0 Å². The minimum Gasteiger partial charge on any atom is -0.486 e. The Kier molecular flexibility index (Phi) is 7.05. The summed E-state index contributed by atoms with van der Waals surface area (Å²) in [6, 6.07) is 12.1. The van der Waals surface area contributed by atoms with Crippen LogP contribution in [0.25, 0.3) is 10.9 Å². The molecule has 33 heavy (non-hydrogen) atoms. The summed E-state index contributed by atoms with van der Waals surface area (Å²) in [5.41, 5.74) is 1.51. The summed E-state index contributed by atoms with van der Waals surface area (Å²) in [5, 5.41) is 4.23. The van der Waals surface area contributed by atoms with Crippen molar-refractivity contribution in [3.63, 3.8) is 0 Å². The van der Waals surface area contributed by atoms with Gasteiger partial charge in [0.15, 0.2) is 11.5 Å². The van der Waals surface area contributed by atoms with Crippen LogP contribution in [0.15, 0.2) is 47.3 Å². The van der Waals surface area contributed by atoms with Crippen molar-refractivity contribution in [3.8, 4) is 11.5 Å². The van der Waals surface area contributed by atoms with Crippen molar-refractivity contribution < 1.29 is 14.3 Å². The van der Waals surface area contributed by atoms with Crippen LogP contribution in [0.3, 0.4) is 0 Å². The Morgan fingerprint density at radius 2 is 1.85 bits per heavy atom. The molecule has 2 aromatic carbocycles. The Labute approximate surface area is 197 Å². The van der Waals surface area contributed by atoms with Gasteiger partial charge in [0, 0.05) is 34.3 Å². The molecule has 8 nitrogen and oxygen atoms in total. The fourth-order valence-electron chi connectivity index (χ4n) is 3.71. The van der Waals surface area contributed by atoms with E-state index >= 15 is 0 Å². The molecule has 2 amide bonds. The van der Waals surface area contributed by atoms with Gasteiger partial charge in [-0.25, -0.2) is 4.79 Å². The van der Waals surface area contributed by atoms with E-state index in [9.17, 15) is 9.59 Å². The molecule has 3 aromatic rings. The SMILES string of the molecule is CN(C)CCCN(Cc1cc2cc3c(cc2[nH]c1=O)OCCO3)C(=O)Nc1cccc(Cl)c1. The number of nitrogens with zero attached hydrogens (tertiary/aromatic N) is 2. The lowest BCUT2D eigenvalue weighted by atomic mass is 10.1. The second kappa shape index (κ2) is 10.1. The van der Waals surface area contributed by atoms with Crippen LogP contribution < -0.4 is 20.3 Å². The molecule has 0 aliphatic carbocycles. The third kappa shape index (κ3) is 5.77. The molecule has 0 saturated heterocycles. The fraction of sp³-hybridized carbons (Fsp3) is 0.333. The van der Waals surface area contributed by atoms with Crippen LogP contribution in [-0.2, 0) is 6.54 Å². The number of halogens is 1. The van der Waals surface area contributed by atoms with E-state index in [2.05, 4.69) is 15.2 Å². The summed E-state index contributed by atoms with van der Waals surface area (Å²) in [5.74, 6) is 1.26. The van der Waals surface area contributed by atoms with Crippen LogP contribution in [0.2, 0.25) is 5.02 Å². The first kappa shape index (κ1) is 22.9. The highest BCUT2D eigenvalue weighted by atomic mass is 35.5.